The number of carbonyl (C=O) groups excluding carboxylic acids is 1. The van der Waals surface area contributed by atoms with E-state index in [1.54, 1.807) is 12.1 Å². The zero-order valence-corrected chi connectivity index (χ0v) is 12.2. The Labute approximate surface area is 123 Å². The quantitative estimate of drug-likeness (QED) is 0.847. The van der Waals surface area contributed by atoms with E-state index < -0.39 is 0 Å². The van der Waals surface area contributed by atoms with E-state index in [1.807, 2.05) is 26.0 Å². The molecule has 0 spiro atoms. The molecule has 2 rings (SSSR count). The summed E-state index contributed by atoms with van der Waals surface area (Å²) in [6.45, 7) is 4.10. The minimum atomic E-state index is -0.107. The molecule has 0 unspecified atom stereocenters. The summed E-state index contributed by atoms with van der Waals surface area (Å²) in [5.74, 6) is 0.968. The van der Waals surface area contributed by atoms with Gasteiger partial charge >= 0.3 is 0 Å². The van der Waals surface area contributed by atoms with Gasteiger partial charge in [-0.1, -0.05) is 13.8 Å². The molecule has 0 radical (unpaired) electrons. The van der Waals surface area contributed by atoms with Crippen LogP contribution < -0.4 is 10.1 Å². The highest BCUT2D eigenvalue weighted by Crippen LogP contribution is 2.20. The lowest BCUT2D eigenvalue weighted by molar-refractivity contribution is -0.123. The summed E-state index contributed by atoms with van der Waals surface area (Å²) in [5.41, 5.74) is 0.807. The first kappa shape index (κ1) is 15.0. The monoisotopic (exact) mass is 289 g/mol. The van der Waals surface area contributed by atoms with Crippen LogP contribution in [0, 0.1) is 0 Å². The Morgan fingerprint density at radius 3 is 2.57 bits per heavy atom. The van der Waals surface area contributed by atoms with Crippen molar-refractivity contribution in [2.24, 2.45) is 0 Å². The number of rotatable bonds is 7. The van der Waals surface area contributed by atoms with Crippen LogP contribution >= 0.6 is 0 Å². The minimum absolute atomic E-state index is 0.0103. The number of benzene rings is 1. The highest BCUT2D eigenvalue weighted by molar-refractivity contribution is 5.77. The van der Waals surface area contributed by atoms with Gasteiger partial charge in [0.15, 0.2) is 6.61 Å². The number of hydrogen-bond acceptors (Lipinski definition) is 5. The average molecular weight is 289 g/mol. The van der Waals surface area contributed by atoms with Crippen molar-refractivity contribution < 1.29 is 13.9 Å². The SMILES string of the molecule is CCC(CC)NC(=O)COc1ccc(-c2nnco2)cc1. The number of carbonyl (C=O) groups is 1. The molecular formula is C15H19N3O3. The fraction of sp³-hybridized carbons (Fsp3) is 0.400. The van der Waals surface area contributed by atoms with Gasteiger partial charge in [-0.15, -0.1) is 10.2 Å². The summed E-state index contributed by atoms with van der Waals surface area (Å²) in [7, 11) is 0. The van der Waals surface area contributed by atoms with Crippen LogP contribution in [0.2, 0.25) is 0 Å². The Hall–Kier alpha value is -2.37. The van der Waals surface area contributed by atoms with Crippen LogP contribution in [-0.2, 0) is 4.79 Å². The minimum Gasteiger partial charge on any atom is -0.484 e. The lowest BCUT2D eigenvalue weighted by Crippen LogP contribution is -2.37. The molecule has 0 bridgehead atoms. The van der Waals surface area contributed by atoms with Gasteiger partial charge in [0.1, 0.15) is 5.75 Å². The van der Waals surface area contributed by atoms with Crippen molar-refractivity contribution in [3.8, 4) is 17.2 Å². The maximum Gasteiger partial charge on any atom is 0.258 e. The third-order valence-corrected chi connectivity index (χ3v) is 3.18. The zero-order chi connectivity index (χ0) is 15.1. The van der Waals surface area contributed by atoms with Crippen LogP contribution in [0.5, 0.6) is 5.75 Å². The molecular weight excluding hydrogens is 270 g/mol. The molecule has 1 aromatic heterocycles. The highest BCUT2D eigenvalue weighted by atomic mass is 16.5. The Balaban J connectivity index is 1.85. The van der Waals surface area contributed by atoms with E-state index in [9.17, 15) is 4.79 Å². The van der Waals surface area contributed by atoms with Crippen LogP contribution in [0.25, 0.3) is 11.5 Å². The smallest absolute Gasteiger partial charge is 0.258 e. The first-order valence-electron chi connectivity index (χ1n) is 7.01. The van der Waals surface area contributed by atoms with E-state index in [0.29, 0.717) is 11.6 Å². The number of nitrogens with zero attached hydrogens (tertiary/aromatic N) is 2. The molecule has 0 fully saturated rings. The standard InChI is InChI=1S/C15H19N3O3/c1-3-12(4-2)17-14(19)9-20-13-7-5-11(6-8-13)15-18-16-10-21-15/h5-8,10,12H,3-4,9H2,1-2H3,(H,17,19). The van der Waals surface area contributed by atoms with Crippen molar-refractivity contribution in [1.82, 2.24) is 15.5 Å². The Kier molecular flexibility index (Phi) is 5.31. The summed E-state index contributed by atoms with van der Waals surface area (Å²) >= 11 is 0. The molecule has 1 N–H and O–H groups in total. The predicted molar refractivity (Wildman–Crippen MR) is 77.7 cm³/mol. The second kappa shape index (κ2) is 7.42. The van der Waals surface area contributed by atoms with Gasteiger partial charge in [-0.2, -0.15) is 0 Å². The van der Waals surface area contributed by atoms with Crippen molar-refractivity contribution in [2.75, 3.05) is 6.61 Å². The molecule has 2 aromatic rings. The first-order chi connectivity index (χ1) is 10.2. The average Bonchev–Trinajstić information content (AvgIpc) is 3.05. The number of ether oxygens (including phenoxy) is 1. The second-order valence-electron chi connectivity index (χ2n) is 4.64. The molecule has 1 amide bonds. The molecule has 6 heteroatoms. The number of amides is 1. The van der Waals surface area contributed by atoms with Crippen molar-refractivity contribution in [3.05, 3.63) is 30.7 Å². The molecule has 1 heterocycles. The molecule has 112 valence electrons. The van der Waals surface area contributed by atoms with Crippen molar-refractivity contribution >= 4 is 5.91 Å². The second-order valence-corrected chi connectivity index (χ2v) is 4.64. The molecule has 0 aliphatic rings. The number of aromatic nitrogens is 2. The molecule has 6 nitrogen and oxygen atoms in total. The van der Waals surface area contributed by atoms with Gasteiger partial charge in [0.25, 0.3) is 5.91 Å². The molecule has 0 aliphatic heterocycles. The van der Waals surface area contributed by atoms with Crippen molar-refractivity contribution in [3.63, 3.8) is 0 Å². The summed E-state index contributed by atoms with van der Waals surface area (Å²) < 4.78 is 10.6. The first-order valence-corrected chi connectivity index (χ1v) is 7.01. The number of nitrogens with one attached hydrogen (secondary N) is 1. The lowest BCUT2D eigenvalue weighted by atomic mass is 10.2. The Bertz CT molecular complexity index is 548. The molecule has 0 atom stereocenters. The summed E-state index contributed by atoms with van der Waals surface area (Å²) in [5, 5.41) is 10.4. The van der Waals surface area contributed by atoms with Gasteiger partial charge in [0.05, 0.1) is 0 Å². The van der Waals surface area contributed by atoms with E-state index in [0.717, 1.165) is 18.4 Å². The molecule has 0 saturated carbocycles. The molecule has 1 aromatic carbocycles. The van der Waals surface area contributed by atoms with Crippen LogP contribution in [-0.4, -0.2) is 28.8 Å². The summed E-state index contributed by atoms with van der Waals surface area (Å²) in [6.07, 6.45) is 3.12. The molecule has 21 heavy (non-hydrogen) atoms. The third kappa shape index (κ3) is 4.30. The van der Waals surface area contributed by atoms with E-state index >= 15 is 0 Å². The highest BCUT2D eigenvalue weighted by Gasteiger charge is 2.09. The fourth-order valence-corrected chi connectivity index (χ4v) is 1.90. The van der Waals surface area contributed by atoms with Crippen molar-refractivity contribution in [1.29, 1.82) is 0 Å². The van der Waals surface area contributed by atoms with Gasteiger partial charge in [-0.3, -0.25) is 4.79 Å². The molecule has 0 saturated heterocycles. The number of hydrogen-bond donors (Lipinski definition) is 1. The van der Waals surface area contributed by atoms with Crippen molar-refractivity contribution in [2.45, 2.75) is 32.7 Å². The normalized spacial score (nSPS) is 10.6. The van der Waals surface area contributed by atoms with Gasteiger partial charge < -0.3 is 14.5 Å². The Morgan fingerprint density at radius 2 is 2.00 bits per heavy atom. The summed E-state index contributed by atoms with van der Waals surface area (Å²) in [6, 6.07) is 7.36. The maximum atomic E-state index is 11.7. The fourth-order valence-electron chi connectivity index (χ4n) is 1.90. The van der Waals surface area contributed by atoms with Gasteiger partial charge in [-0.05, 0) is 37.1 Å². The van der Waals surface area contributed by atoms with E-state index in [4.69, 9.17) is 9.15 Å². The summed E-state index contributed by atoms with van der Waals surface area (Å²) in [4.78, 5) is 11.7. The van der Waals surface area contributed by atoms with Crippen LogP contribution in [0.15, 0.2) is 35.1 Å². The predicted octanol–water partition coefficient (Wildman–Crippen LogP) is 2.42. The van der Waals surface area contributed by atoms with E-state index in [-0.39, 0.29) is 18.6 Å². The van der Waals surface area contributed by atoms with Gasteiger partial charge in [-0.25, -0.2) is 0 Å². The van der Waals surface area contributed by atoms with Crippen LogP contribution in [0.3, 0.4) is 0 Å². The third-order valence-electron chi connectivity index (χ3n) is 3.18. The topological polar surface area (TPSA) is 77.2 Å². The van der Waals surface area contributed by atoms with Crippen LogP contribution in [0.4, 0.5) is 0 Å². The van der Waals surface area contributed by atoms with Gasteiger partial charge in [0, 0.05) is 11.6 Å². The van der Waals surface area contributed by atoms with E-state index in [2.05, 4.69) is 15.5 Å². The molecule has 0 aliphatic carbocycles. The maximum absolute atomic E-state index is 11.7. The van der Waals surface area contributed by atoms with Gasteiger partial charge in [0.2, 0.25) is 12.3 Å². The lowest BCUT2D eigenvalue weighted by Gasteiger charge is -2.14. The largest absolute Gasteiger partial charge is 0.484 e. The van der Waals surface area contributed by atoms with Crippen LogP contribution in [0.1, 0.15) is 26.7 Å². The zero-order valence-electron chi connectivity index (χ0n) is 12.2. The Morgan fingerprint density at radius 1 is 1.29 bits per heavy atom. The van der Waals surface area contributed by atoms with E-state index in [1.165, 1.54) is 6.39 Å².